The molecule has 2 rings (SSSR count). The van der Waals surface area contributed by atoms with E-state index in [1.54, 1.807) is 30.3 Å². The monoisotopic (exact) mass is 295 g/mol. The van der Waals surface area contributed by atoms with Crippen LogP contribution in [-0.4, -0.2) is 16.1 Å². The molecular weight excluding hydrogens is 285 g/mol. The van der Waals surface area contributed by atoms with E-state index in [2.05, 4.69) is 15.5 Å². The lowest BCUT2D eigenvalue weighted by atomic mass is 10.2. The molecule has 1 amide bonds. The standard InChI is InChI=1S/C13H11Cl2N3O/c1-8-7-12(18-17-8)16-13(19)6-5-9-10(14)3-2-4-11(9)15/h2-7H,1H3,(H2,16,17,18,19). The molecule has 0 atom stereocenters. The summed E-state index contributed by atoms with van der Waals surface area (Å²) in [6.07, 6.45) is 2.93. The van der Waals surface area contributed by atoms with Crippen molar-refractivity contribution in [2.75, 3.05) is 5.32 Å². The normalized spacial score (nSPS) is 10.9. The molecule has 0 bridgehead atoms. The molecule has 0 fully saturated rings. The number of halogens is 2. The van der Waals surface area contributed by atoms with Gasteiger partial charge in [-0.25, -0.2) is 0 Å². The van der Waals surface area contributed by atoms with E-state index in [0.717, 1.165) is 5.69 Å². The topological polar surface area (TPSA) is 57.8 Å². The van der Waals surface area contributed by atoms with Gasteiger partial charge in [0.2, 0.25) is 5.91 Å². The van der Waals surface area contributed by atoms with Gasteiger partial charge in [-0.3, -0.25) is 9.89 Å². The van der Waals surface area contributed by atoms with Gasteiger partial charge in [0.25, 0.3) is 0 Å². The van der Waals surface area contributed by atoms with Crippen molar-refractivity contribution >= 4 is 41.0 Å². The van der Waals surface area contributed by atoms with Crippen molar-refractivity contribution < 1.29 is 4.79 Å². The molecule has 0 radical (unpaired) electrons. The molecule has 0 aliphatic rings. The lowest BCUT2D eigenvalue weighted by Gasteiger charge is -2.00. The number of rotatable bonds is 3. The van der Waals surface area contributed by atoms with Crippen molar-refractivity contribution in [1.82, 2.24) is 10.2 Å². The number of carbonyl (C=O) groups is 1. The van der Waals surface area contributed by atoms with E-state index in [9.17, 15) is 4.79 Å². The molecule has 4 nitrogen and oxygen atoms in total. The Balaban J connectivity index is 2.08. The molecule has 0 aliphatic heterocycles. The van der Waals surface area contributed by atoms with Crippen LogP contribution < -0.4 is 5.32 Å². The summed E-state index contributed by atoms with van der Waals surface area (Å²) in [6, 6.07) is 6.90. The Bertz CT molecular complexity index is 614. The molecule has 6 heteroatoms. The van der Waals surface area contributed by atoms with Crippen LogP contribution in [0.5, 0.6) is 0 Å². The summed E-state index contributed by atoms with van der Waals surface area (Å²) in [4.78, 5) is 11.7. The summed E-state index contributed by atoms with van der Waals surface area (Å²) in [7, 11) is 0. The summed E-state index contributed by atoms with van der Waals surface area (Å²) in [5.74, 6) is 0.167. The first-order valence-electron chi connectivity index (χ1n) is 5.51. The first-order valence-corrected chi connectivity index (χ1v) is 6.27. The number of aromatic nitrogens is 2. The number of aryl methyl sites for hydroxylation is 1. The summed E-state index contributed by atoms with van der Waals surface area (Å²) in [5.41, 5.74) is 1.48. The third-order valence-corrected chi connectivity index (χ3v) is 3.02. The second kappa shape index (κ2) is 5.91. The molecule has 0 saturated heterocycles. The van der Waals surface area contributed by atoms with Gasteiger partial charge in [-0.1, -0.05) is 29.3 Å². The Labute approximate surface area is 120 Å². The minimum atomic E-state index is -0.303. The van der Waals surface area contributed by atoms with Gasteiger partial charge >= 0.3 is 0 Å². The molecule has 1 heterocycles. The van der Waals surface area contributed by atoms with Gasteiger partial charge in [-0.15, -0.1) is 0 Å². The van der Waals surface area contributed by atoms with Crippen LogP contribution in [0.25, 0.3) is 6.08 Å². The zero-order valence-electron chi connectivity index (χ0n) is 10.1. The second-order valence-corrected chi connectivity index (χ2v) is 4.71. The zero-order valence-corrected chi connectivity index (χ0v) is 11.6. The number of amides is 1. The van der Waals surface area contributed by atoms with E-state index in [1.807, 2.05) is 6.92 Å². The number of nitrogens with one attached hydrogen (secondary N) is 2. The lowest BCUT2D eigenvalue weighted by Crippen LogP contribution is -2.07. The number of benzene rings is 1. The fourth-order valence-electron chi connectivity index (χ4n) is 1.48. The first-order chi connectivity index (χ1) is 9.06. The maximum atomic E-state index is 11.7. The quantitative estimate of drug-likeness (QED) is 0.849. The van der Waals surface area contributed by atoms with Crippen LogP contribution in [-0.2, 0) is 4.79 Å². The number of anilines is 1. The summed E-state index contributed by atoms with van der Waals surface area (Å²) in [5, 5.41) is 10.2. The second-order valence-electron chi connectivity index (χ2n) is 3.89. The Morgan fingerprint density at radius 1 is 1.37 bits per heavy atom. The van der Waals surface area contributed by atoms with Gasteiger partial charge < -0.3 is 5.32 Å². The van der Waals surface area contributed by atoms with E-state index >= 15 is 0 Å². The molecule has 1 aromatic heterocycles. The number of hydrogen-bond donors (Lipinski definition) is 2. The average Bonchev–Trinajstić information content (AvgIpc) is 2.74. The van der Waals surface area contributed by atoms with E-state index in [1.165, 1.54) is 6.08 Å². The average molecular weight is 296 g/mol. The van der Waals surface area contributed by atoms with E-state index < -0.39 is 0 Å². The van der Waals surface area contributed by atoms with E-state index in [0.29, 0.717) is 21.4 Å². The van der Waals surface area contributed by atoms with Gasteiger partial charge in [0.1, 0.15) is 0 Å². The summed E-state index contributed by atoms with van der Waals surface area (Å²) >= 11 is 12.0. The predicted molar refractivity (Wildman–Crippen MR) is 77.5 cm³/mol. The van der Waals surface area contributed by atoms with Crippen molar-refractivity contribution in [2.24, 2.45) is 0 Å². The van der Waals surface area contributed by atoms with Crippen LogP contribution >= 0.6 is 23.2 Å². The van der Waals surface area contributed by atoms with E-state index in [4.69, 9.17) is 23.2 Å². The molecule has 0 aliphatic carbocycles. The molecule has 0 unspecified atom stereocenters. The summed E-state index contributed by atoms with van der Waals surface area (Å²) in [6.45, 7) is 1.85. The third-order valence-electron chi connectivity index (χ3n) is 2.36. The maximum Gasteiger partial charge on any atom is 0.249 e. The minimum absolute atomic E-state index is 0.303. The Morgan fingerprint density at radius 2 is 2.05 bits per heavy atom. The van der Waals surface area contributed by atoms with Crippen LogP contribution in [0.15, 0.2) is 30.3 Å². The van der Waals surface area contributed by atoms with Crippen LogP contribution in [0, 0.1) is 6.92 Å². The molecule has 98 valence electrons. The lowest BCUT2D eigenvalue weighted by molar-refractivity contribution is -0.111. The Hall–Kier alpha value is -1.78. The fourth-order valence-corrected chi connectivity index (χ4v) is 2.00. The number of aromatic amines is 1. The van der Waals surface area contributed by atoms with Crippen molar-refractivity contribution in [1.29, 1.82) is 0 Å². The highest BCUT2D eigenvalue weighted by atomic mass is 35.5. The van der Waals surface area contributed by atoms with Gasteiger partial charge in [0.15, 0.2) is 5.82 Å². The largest absolute Gasteiger partial charge is 0.306 e. The Kier molecular flexibility index (Phi) is 4.24. The molecule has 2 aromatic rings. The van der Waals surface area contributed by atoms with Crippen LogP contribution in [0.2, 0.25) is 10.0 Å². The highest BCUT2D eigenvalue weighted by molar-refractivity contribution is 6.37. The van der Waals surface area contributed by atoms with Crippen molar-refractivity contribution in [3.63, 3.8) is 0 Å². The van der Waals surface area contributed by atoms with Crippen molar-refractivity contribution in [2.45, 2.75) is 6.92 Å². The number of H-pyrrole nitrogens is 1. The molecule has 2 N–H and O–H groups in total. The number of nitrogens with zero attached hydrogens (tertiary/aromatic N) is 1. The number of hydrogen-bond acceptors (Lipinski definition) is 2. The van der Waals surface area contributed by atoms with Crippen LogP contribution in [0.3, 0.4) is 0 Å². The van der Waals surface area contributed by atoms with Crippen LogP contribution in [0.1, 0.15) is 11.3 Å². The molecule has 0 spiro atoms. The van der Waals surface area contributed by atoms with Crippen molar-refractivity contribution in [3.05, 3.63) is 51.6 Å². The summed E-state index contributed by atoms with van der Waals surface area (Å²) < 4.78 is 0. The predicted octanol–water partition coefficient (Wildman–Crippen LogP) is 3.68. The van der Waals surface area contributed by atoms with Crippen LogP contribution in [0.4, 0.5) is 5.82 Å². The molecule has 1 aromatic carbocycles. The Morgan fingerprint density at radius 3 is 2.63 bits per heavy atom. The SMILES string of the molecule is Cc1cc(NC(=O)C=Cc2c(Cl)cccc2Cl)n[nH]1. The van der Waals surface area contributed by atoms with Gasteiger partial charge in [-0.2, -0.15) is 5.10 Å². The number of carbonyl (C=O) groups excluding carboxylic acids is 1. The third kappa shape index (κ3) is 3.59. The fraction of sp³-hybridized carbons (Fsp3) is 0.0769. The van der Waals surface area contributed by atoms with E-state index in [-0.39, 0.29) is 5.91 Å². The zero-order chi connectivity index (χ0) is 13.8. The highest BCUT2D eigenvalue weighted by Crippen LogP contribution is 2.25. The van der Waals surface area contributed by atoms with Gasteiger partial charge in [0.05, 0.1) is 0 Å². The smallest absolute Gasteiger partial charge is 0.249 e. The van der Waals surface area contributed by atoms with Gasteiger partial charge in [0, 0.05) is 33.4 Å². The highest BCUT2D eigenvalue weighted by Gasteiger charge is 2.04. The molecule has 0 saturated carbocycles. The molecular formula is C13H11Cl2N3O. The maximum absolute atomic E-state index is 11.7. The van der Waals surface area contributed by atoms with Crippen molar-refractivity contribution in [3.8, 4) is 0 Å². The first kappa shape index (κ1) is 13.6. The molecule has 19 heavy (non-hydrogen) atoms. The minimum Gasteiger partial charge on any atom is -0.306 e. The van der Waals surface area contributed by atoms with Gasteiger partial charge in [-0.05, 0) is 25.1 Å².